The third-order valence-electron chi connectivity index (χ3n) is 4.09. The lowest BCUT2D eigenvalue weighted by Gasteiger charge is -2.10. The van der Waals surface area contributed by atoms with Crippen LogP contribution in [0.5, 0.6) is 0 Å². The molecule has 120 valence electrons. The van der Waals surface area contributed by atoms with Crippen LogP contribution in [0.15, 0.2) is 78.6 Å². The first kappa shape index (κ1) is 15.8. The number of hydrogen-bond donors (Lipinski definition) is 2. The van der Waals surface area contributed by atoms with Crippen LogP contribution in [-0.2, 0) is 11.2 Å². The van der Waals surface area contributed by atoms with Gasteiger partial charge in [-0.25, -0.2) is 4.79 Å². The molecule has 0 saturated carbocycles. The zero-order valence-electron chi connectivity index (χ0n) is 13.1. The van der Waals surface area contributed by atoms with Gasteiger partial charge in [0.05, 0.1) is 0 Å². The van der Waals surface area contributed by atoms with Crippen LogP contribution in [0.3, 0.4) is 0 Å². The average molecular weight is 318 g/mol. The molecule has 0 aliphatic rings. The molecule has 0 fully saturated rings. The zero-order chi connectivity index (χ0) is 16.9. The van der Waals surface area contributed by atoms with Gasteiger partial charge in [-0.3, -0.25) is 0 Å². The van der Waals surface area contributed by atoms with Gasteiger partial charge in [0, 0.05) is 5.57 Å². The number of allylic oxidation sites excluding steroid dienone is 1. The van der Waals surface area contributed by atoms with Gasteiger partial charge in [0.2, 0.25) is 5.76 Å². The van der Waals surface area contributed by atoms with E-state index in [9.17, 15) is 9.90 Å². The molecular formula is C21H18O3. The highest BCUT2D eigenvalue weighted by Crippen LogP contribution is 2.25. The minimum atomic E-state index is -1.30. The Balaban J connectivity index is 1.88. The number of aliphatic carboxylic acids is 1. The van der Waals surface area contributed by atoms with Crippen LogP contribution in [0.25, 0.3) is 16.3 Å². The summed E-state index contributed by atoms with van der Waals surface area (Å²) in [4.78, 5) is 11.2. The lowest BCUT2D eigenvalue weighted by Crippen LogP contribution is -2.04. The molecule has 24 heavy (non-hydrogen) atoms. The second-order valence-corrected chi connectivity index (χ2v) is 5.68. The lowest BCUT2D eigenvalue weighted by atomic mass is 9.96. The first-order chi connectivity index (χ1) is 11.6. The number of rotatable bonds is 5. The number of carboxylic acids is 1. The van der Waals surface area contributed by atoms with Gasteiger partial charge in [0.15, 0.2) is 0 Å². The number of aliphatic hydroxyl groups excluding tert-OH is 1. The van der Waals surface area contributed by atoms with Gasteiger partial charge < -0.3 is 10.2 Å². The van der Waals surface area contributed by atoms with Crippen molar-refractivity contribution < 1.29 is 15.0 Å². The molecule has 3 aromatic rings. The molecule has 0 bridgehead atoms. The Morgan fingerprint density at radius 2 is 1.46 bits per heavy atom. The van der Waals surface area contributed by atoms with E-state index >= 15 is 0 Å². The maximum absolute atomic E-state index is 11.2. The molecule has 0 saturated heterocycles. The molecule has 0 unspecified atom stereocenters. The van der Waals surface area contributed by atoms with E-state index in [0.29, 0.717) is 18.4 Å². The fourth-order valence-corrected chi connectivity index (χ4v) is 2.83. The molecule has 0 heterocycles. The first-order valence-electron chi connectivity index (χ1n) is 7.83. The summed E-state index contributed by atoms with van der Waals surface area (Å²) in [7, 11) is 0. The maximum Gasteiger partial charge on any atom is 0.371 e. The van der Waals surface area contributed by atoms with Crippen molar-refractivity contribution in [1.82, 2.24) is 0 Å². The Labute approximate surface area is 140 Å². The van der Waals surface area contributed by atoms with Gasteiger partial charge >= 0.3 is 5.97 Å². The minimum Gasteiger partial charge on any atom is -0.502 e. The van der Waals surface area contributed by atoms with E-state index in [1.807, 2.05) is 48.5 Å². The summed E-state index contributed by atoms with van der Waals surface area (Å²) in [6, 6.07) is 23.5. The molecule has 3 rings (SSSR count). The molecule has 0 amide bonds. The molecule has 0 spiro atoms. The third kappa shape index (κ3) is 3.46. The number of aryl methyl sites for hydroxylation is 1. The molecule has 0 atom stereocenters. The molecule has 2 N–H and O–H groups in total. The second-order valence-electron chi connectivity index (χ2n) is 5.68. The third-order valence-corrected chi connectivity index (χ3v) is 4.09. The first-order valence-corrected chi connectivity index (χ1v) is 7.83. The van der Waals surface area contributed by atoms with Crippen LogP contribution in [0.2, 0.25) is 0 Å². The molecule has 3 heteroatoms. The summed E-state index contributed by atoms with van der Waals surface area (Å²) in [5, 5.41) is 21.4. The topological polar surface area (TPSA) is 57.5 Å². The number of benzene rings is 3. The quantitative estimate of drug-likeness (QED) is 0.523. The Morgan fingerprint density at radius 1 is 0.792 bits per heavy atom. The molecular weight excluding hydrogens is 300 g/mol. The Hall–Kier alpha value is -3.07. The number of carbonyl (C=O) groups is 1. The van der Waals surface area contributed by atoms with Crippen molar-refractivity contribution in [3.8, 4) is 0 Å². The predicted octanol–water partition coefficient (Wildman–Crippen LogP) is 4.83. The monoisotopic (exact) mass is 318 g/mol. The van der Waals surface area contributed by atoms with Gasteiger partial charge in [0.1, 0.15) is 0 Å². The predicted molar refractivity (Wildman–Crippen MR) is 95.9 cm³/mol. The van der Waals surface area contributed by atoms with Gasteiger partial charge in [-0.2, -0.15) is 0 Å². The highest BCUT2D eigenvalue weighted by molar-refractivity contribution is 5.93. The Morgan fingerprint density at radius 3 is 2.17 bits per heavy atom. The van der Waals surface area contributed by atoms with E-state index < -0.39 is 11.7 Å². The van der Waals surface area contributed by atoms with Crippen molar-refractivity contribution >= 4 is 22.3 Å². The van der Waals surface area contributed by atoms with Gasteiger partial charge in [0.25, 0.3) is 0 Å². The van der Waals surface area contributed by atoms with Crippen LogP contribution >= 0.6 is 0 Å². The van der Waals surface area contributed by atoms with E-state index in [0.717, 1.165) is 16.5 Å². The average Bonchev–Trinajstić information content (AvgIpc) is 2.62. The number of hydrogen-bond acceptors (Lipinski definition) is 2. The summed E-state index contributed by atoms with van der Waals surface area (Å²) in [6.07, 6.45) is 1.12. The summed E-state index contributed by atoms with van der Waals surface area (Å²) in [5.41, 5.74) is 2.30. The van der Waals surface area contributed by atoms with E-state index in [1.54, 1.807) is 0 Å². The number of carboxylic acid groups (broad SMARTS) is 1. The summed E-state index contributed by atoms with van der Waals surface area (Å²) in [5.74, 6) is -1.88. The fourth-order valence-electron chi connectivity index (χ4n) is 2.83. The highest BCUT2D eigenvalue weighted by atomic mass is 16.4. The normalized spacial score (nSPS) is 12.0. The van der Waals surface area contributed by atoms with Crippen molar-refractivity contribution in [3.63, 3.8) is 0 Å². The van der Waals surface area contributed by atoms with Gasteiger partial charge in [-0.1, -0.05) is 72.8 Å². The number of fused-ring (bicyclic) bond motifs is 1. The van der Waals surface area contributed by atoms with E-state index in [2.05, 4.69) is 24.3 Å². The van der Waals surface area contributed by atoms with Gasteiger partial charge in [-0.15, -0.1) is 0 Å². The molecule has 0 radical (unpaired) electrons. The van der Waals surface area contributed by atoms with E-state index in [4.69, 9.17) is 5.11 Å². The van der Waals surface area contributed by atoms with Crippen molar-refractivity contribution in [2.24, 2.45) is 0 Å². The standard InChI is InChI=1S/C21H18O3/c22-20(21(23)24)19(17-7-2-1-3-8-17)13-11-15-10-12-16-6-4-5-9-18(16)14-15/h1-10,12,14,22H,11,13H2,(H,23,24)/b20-19+. The largest absolute Gasteiger partial charge is 0.502 e. The SMILES string of the molecule is O=C(O)/C(O)=C(/CCc1ccc2ccccc2c1)c1ccccc1. The molecule has 0 aliphatic carbocycles. The molecule has 0 aliphatic heterocycles. The van der Waals surface area contributed by atoms with E-state index in [-0.39, 0.29) is 0 Å². The van der Waals surface area contributed by atoms with Gasteiger partial charge in [-0.05, 0) is 34.7 Å². The Bertz CT molecular complexity index is 895. The smallest absolute Gasteiger partial charge is 0.371 e. The maximum atomic E-state index is 11.2. The lowest BCUT2D eigenvalue weighted by molar-refractivity contribution is -0.135. The van der Waals surface area contributed by atoms with Crippen LogP contribution in [0.1, 0.15) is 17.5 Å². The Kier molecular flexibility index (Phi) is 4.62. The molecule has 3 nitrogen and oxygen atoms in total. The van der Waals surface area contributed by atoms with Crippen LogP contribution in [0.4, 0.5) is 0 Å². The zero-order valence-corrected chi connectivity index (χ0v) is 13.1. The summed E-state index contributed by atoms with van der Waals surface area (Å²) >= 11 is 0. The minimum absolute atomic E-state index is 0.455. The highest BCUT2D eigenvalue weighted by Gasteiger charge is 2.14. The molecule has 3 aromatic carbocycles. The number of aliphatic hydroxyl groups is 1. The van der Waals surface area contributed by atoms with Crippen LogP contribution in [0, 0.1) is 0 Å². The molecule has 0 aromatic heterocycles. The van der Waals surface area contributed by atoms with Crippen molar-refractivity contribution in [1.29, 1.82) is 0 Å². The van der Waals surface area contributed by atoms with Crippen molar-refractivity contribution in [2.75, 3.05) is 0 Å². The van der Waals surface area contributed by atoms with Crippen molar-refractivity contribution in [2.45, 2.75) is 12.8 Å². The van der Waals surface area contributed by atoms with E-state index in [1.165, 1.54) is 5.39 Å². The van der Waals surface area contributed by atoms with Crippen LogP contribution in [-0.4, -0.2) is 16.2 Å². The van der Waals surface area contributed by atoms with Crippen molar-refractivity contribution in [3.05, 3.63) is 89.7 Å². The second kappa shape index (κ2) is 7.01. The summed E-state index contributed by atoms with van der Waals surface area (Å²) in [6.45, 7) is 0. The summed E-state index contributed by atoms with van der Waals surface area (Å²) < 4.78 is 0. The van der Waals surface area contributed by atoms with Crippen LogP contribution < -0.4 is 0 Å². The fraction of sp³-hybridized carbons (Fsp3) is 0.0952.